The van der Waals surface area contributed by atoms with E-state index in [1.165, 1.54) is 4.90 Å². The molecule has 0 aliphatic rings. The fourth-order valence-corrected chi connectivity index (χ4v) is 2.24. The van der Waals surface area contributed by atoms with Crippen LogP contribution in [0.4, 0.5) is 0 Å². The second-order valence-electron chi connectivity index (χ2n) is 3.44. The van der Waals surface area contributed by atoms with Gasteiger partial charge in [-0.05, 0) is 31.3 Å². The second kappa shape index (κ2) is 8.77. The van der Waals surface area contributed by atoms with E-state index in [0.717, 1.165) is 12.3 Å². The molecule has 1 aromatic rings. The number of amides is 1. The molecule has 0 saturated heterocycles. The van der Waals surface area contributed by atoms with Gasteiger partial charge in [-0.3, -0.25) is 15.6 Å². The van der Waals surface area contributed by atoms with Crippen LogP contribution >= 0.6 is 24.0 Å². The van der Waals surface area contributed by atoms with Crippen LogP contribution in [0.2, 0.25) is 0 Å². The zero-order valence-electron chi connectivity index (χ0n) is 10.2. The number of hydrazine groups is 1. The van der Waals surface area contributed by atoms with Crippen molar-refractivity contribution < 1.29 is 4.79 Å². The van der Waals surface area contributed by atoms with Crippen LogP contribution in [0.5, 0.6) is 0 Å². The van der Waals surface area contributed by atoms with Gasteiger partial charge in [0.05, 0.1) is 0 Å². The van der Waals surface area contributed by atoms with Gasteiger partial charge < -0.3 is 5.32 Å². The van der Waals surface area contributed by atoms with Crippen LogP contribution in [0.1, 0.15) is 13.3 Å². The van der Waals surface area contributed by atoms with Gasteiger partial charge in [0, 0.05) is 23.6 Å². The van der Waals surface area contributed by atoms with E-state index in [1.807, 2.05) is 37.3 Å². The van der Waals surface area contributed by atoms with Gasteiger partial charge in [-0.1, -0.05) is 18.2 Å². The molecule has 3 N–H and O–H groups in total. The summed E-state index contributed by atoms with van der Waals surface area (Å²) in [7, 11) is 0. The molecule has 1 rings (SSSR count). The van der Waals surface area contributed by atoms with E-state index in [9.17, 15) is 4.79 Å². The molecule has 0 heterocycles. The highest BCUT2D eigenvalue weighted by Crippen LogP contribution is 2.17. The van der Waals surface area contributed by atoms with E-state index >= 15 is 0 Å². The summed E-state index contributed by atoms with van der Waals surface area (Å²) in [6, 6.07) is 10.0. The first-order valence-electron chi connectivity index (χ1n) is 5.73. The fourth-order valence-electron chi connectivity index (χ4n) is 1.17. The third kappa shape index (κ3) is 6.46. The molecular formula is C12H17N3OS2. The minimum Gasteiger partial charge on any atom is -0.362 e. The predicted octanol–water partition coefficient (Wildman–Crippen LogP) is 1.68. The Morgan fingerprint density at radius 1 is 1.28 bits per heavy atom. The van der Waals surface area contributed by atoms with Crippen molar-refractivity contribution in [3.8, 4) is 0 Å². The molecule has 0 saturated carbocycles. The Hall–Kier alpha value is -1.27. The lowest BCUT2D eigenvalue weighted by molar-refractivity contribution is -0.121. The zero-order valence-corrected chi connectivity index (χ0v) is 11.9. The number of thioether (sulfide) groups is 1. The highest BCUT2D eigenvalue weighted by atomic mass is 32.2. The van der Waals surface area contributed by atoms with Gasteiger partial charge in [0.2, 0.25) is 5.91 Å². The number of carbonyl (C=O) groups is 1. The third-order valence-electron chi connectivity index (χ3n) is 1.99. The van der Waals surface area contributed by atoms with Crippen molar-refractivity contribution in [3.05, 3.63) is 30.3 Å². The number of nitrogens with one attached hydrogen (secondary N) is 3. The summed E-state index contributed by atoms with van der Waals surface area (Å²) in [5, 5.41) is 3.32. The normalized spacial score (nSPS) is 9.61. The van der Waals surface area contributed by atoms with Gasteiger partial charge in [0.1, 0.15) is 0 Å². The first kappa shape index (κ1) is 14.8. The van der Waals surface area contributed by atoms with Gasteiger partial charge in [-0.15, -0.1) is 11.8 Å². The SMILES string of the molecule is CCNC(=S)NNC(=O)CCSc1ccccc1. The van der Waals surface area contributed by atoms with Crippen LogP contribution in [0.3, 0.4) is 0 Å². The average molecular weight is 283 g/mol. The van der Waals surface area contributed by atoms with Crippen molar-refractivity contribution in [2.45, 2.75) is 18.2 Å². The van der Waals surface area contributed by atoms with E-state index in [-0.39, 0.29) is 5.91 Å². The van der Waals surface area contributed by atoms with Crippen molar-refractivity contribution >= 4 is 35.0 Å². The molecule has 0 atom stereocenters. The highest BCUT2D eigenvalue weighted by molar-refractivity contribution is 7.99. The Kier molecular flexibility index (Phi) is 7.20. The Labute approximate surface area is 117 Å². The molecule has 0 aliphatic carbocycles. The van der Waals surface area contributed by atoms with E-state index in [1.54, 1.807) is 11.8 Å². The molecule has 0 radical (unpaired) electrons. The fraction of sp³-hybridized carbons (Fsp3) is 0.333. The van der Waals surface area contributed by atoms with Crippen LogP contribution in [0.15, 0.2) is 35.2 Å². The maximum absolute atomic E-state index is 11.5. The van der Waals surface area contributed by atoms with Gasteiger partial charge >= 0.3 is 0 Å². The molecule has 1 aromatic carbocycles. The number of carbonyl (C=O) groups excluding carboxylic acids is 1. The summed E-state index contributed by atoms with van der Waals surface area (Å²) in [6.45, 7) is 2.66. The number of hydrogen-bond donors (Lipinski definition) is 3. The van der Waals surface area contributed by atoms with Gasteiger partial charge in [0.15, 0.2) is 5.11 Å². The van der Waals surface area contributed by atoms with Crippen LogP contribution in [-0.2, 0) is 4.79 Å². The summed E-state index contributed by atoms with van der Waals surface area (Å²) in [5.41, 5.74) is 5.19. The quantitative estimate of drug-likeness (QED) is 0.436. The maximum atomic E-state index is 11.5. The molecule has 0 fully saturated rings. The molecule has 0 aliphatic heterocycles. The van der Waals surface area contributed by atoms with Crippen molar-refractivity contribution in [2.75, 3.05) is 12.3 Å². The molecule has 18 heavy (non-hydrogen) atoms. The van der Waals surface area contributed by atoms with Crippen molar-refractivity contribution in [1.29, 1.82) is 0 Å². The lowest BCUT2D eigenvalue weighted by Gasteiger charge is -2.09. The third-order valence-corrected chi connectivity index (χ3v) is 3.25. The van der Waals surface area contributed by atoms with Crippen LogP contribution in [0.25, 0.3) is 0 Å². The number of rotatable bonds is 5. The Bertz CT molecular complexity index is 384. The van der Waals surface area contributed by atoms with Gasteiger partial charge in [-0.25, -0.2) is 0 Å². The van der Waals surface area contributed by atoms with Gasteiger partial charge in [-0.2, -0.15) is 0 Å². The summed E-state index contributed by atoms with van der Waals surface area (Å²) in [5.74, 6) is 0.671. The smallest absolute Gasteiger partial charge is 0.239 e. The molecule has 6 heteroatoms. The van der Waals surface area contributed by atoms with E-state index in [2.05, 4.69) is 16.2 Å². The minimum absolute atomic E-state index is 0.0707. The monoisotopic (exact) mass is 283 g/mol. The molecule has 0 spiro atoms. The van der Waals surface area contributed by atoms with Crippen molar-refractivity contribution in [2.24, 2.45) is 0 Å². The van der Waals surface area contributed by atoms with E-state index in [4.69, 9.17) is 12.2 Å². The topological polar surface area (TPSA) is 53.2 Å². The van der Waals surface area contributed by atoms with Crippen LogP contribution in [-0.4, -0.2) is 23.3 Å². The maximum Gasteiger partial charge on any atom is 0.239 e. The molecule has 0 bridgehead atoms. The summed E-state index contributed by atoms with van der Waals surface area (Å²) in [4.78, 5) is 12.6. The van der Waals surface area contributed by atoms with Crippen molar-refractivity contribution in [1.82, 2.24) is 16.2 Å². The molecular weight excluding hydrogens is 266 g/mol. The first-order chi connectivity index (χ1) is 8.72. The minimum atomic E-state index is -0.0707. The molecule has 98 valence electrons. The zero-order chi connectivity index (χ0) is 13.2. The lowest BCUT2D eigenvalue weighted by Crippen LogP contribution is -2.46. The predicted molar refractivity (Wildman–Crippen MR) is 79.3 cm³/mol. The first-order valence-corrected chi connectivity index (χ1v) is 7.12. The van der Waals surface area contributed by atoms with Gasteiger partial charge in [0.25, 0.3) is 0 Å². The molecule has 1 amide bonds. The van der Waals surface area contributed by atoms with E-state index < -0.39 is 0 Å². The largest absolute Gasteiger partial charge is 0.362 e. The second-order valence-corrected chi connectivity index (χ2v) is 5.02. The van der Waals surface area contributed by atoms with E-state index in [0.29, 0.717) is 11.5 Å². The summed E-state index contributed by atoms with van der Waals surface area (Å²) >= 11 is 6.57. The van der Waals surface area contributed by atoms with Crippen LogP contribution < -0.4 is 16.2 Å². The average Bonchev–Trinajstić information content (AvgIpc) is 2.38. The lowest BCUT2D eigenvalue weighted by atomic mass is 10.4. The molecule has 0 aromatic heterocycles. The highest BCUT2D eigenvalue weighted by Gasteiger charge is 2.02. The molecule has 4 nitrogen and oxygen atoms in total. The Morgan fingerprint density at radius 2 is 2.00 bits per heavy atom. The molecule has 0 unspecified atom stereocenters. The Balaban J connectivity index is 2.12. The Morgan fingerprint density at radius 3 is 2.67 bits per heavy atom. The van der Waals surface area contributed by atoms with Crippen LogP contribution in [0, 0.1) is 0 Å². The van der Waals surface area contributed by atoms with Crippen molar-refractivity contribution in [3.63, 3.8) is 0 Å². The number of thiocarbonyl (C=S) groups is 1. The summed E-state index contributed by atoms with van der Waals surface area (Å²) < 4.78 is 0. The summed E-state index contributed by atoms with van der Waals surface area (Å²) in [6.07, 6.45) is 0.446. The standard InChI is InChI=1S/C12H17N3OS2/c1-2-13-12(17)15-14-11(16)8-9-18-10-6-4-3-5-7-10/h3-7H,2,8-9H2,1H3,(H,14,16)(H2,13,15,17). The number of benzene rings is 1. The number of hydrogen-bond acceptors (Lipinski definition) is 3.